The van der Waals surface area contributed by atoms with E-state index < -0.39 is 0 Å². The molecule has 0 aliphatic rings. The largest absolute Gasteiger partial charge is 0.313 e. The third-order valence-electron chi connectivity index (χ3n) is 2.76. The van der Waals surface area contributed by atoms with Crippen LogP contribution < -0.4 is 5.32 Å². The smallest absolute Gasteiger partial charge is 0.0410 e. The Labute approximate surface area is 133 Å². The van der Waals surface area contributed by atoms with E-state index >= 15 is 0 Å². The summed E-state index contributed by atoms with van der Waals surface area (Å²) in [6.45, 7) is 0. The number of nitrogens with one attached hydrogen (secondary N) is 1. The molecule has 1 heterocycles. The second-order valence-electron chi connectivity index (χ2n) is 3.90. The van der Waals surface area contributed by atoms with Crippen LogP contribution in [0.5, 0.6) is 0 Å². The van der Waals surface area contributed by atoms with Gasteiger partial charge in [-0.3, -0.25) is 0 Å². The van der Waals surface area contributed by atoms with Crippen molar-refractivity contribution in [3.63, 3.8) is 0 Å². The quantitative estimate of drug-likeness (QED) is 0.710. The van der Waals surface area contributed by atoms with E-state index in [1.54, 1.807) is 11.3 Å². The van der Waals surface area contributed by atoms with E-state index in [9.17, 15) is 0 Å². The standard InChI is InChI=1S/C13H12Br2ClNS/c1-17-12(7-13-11(15)4-5-18-13)9-6-8(16)2-3-10(9)14/h2-6,12,17H,7H2,1H3. The average molecular weight is 410 g/mol. The van der Waals surface area contributed by atoms with Gasteiger partial charge < -0.3 is 5.32 Å². The van der Waals surface area contributed by atoms with Crippen molar-refractivity contribution < 1.29 is 0 Å². The van der Waals surface area contributed by atoms with Crippen molar-refractivity contribution in [2.75, 3.05) is 7.05 Å². The zero-order chi connectivity index (χ0) is 13.1. The van der Waals surface area contributed by atoms with Gasteiger partial charge in [-0.25, -0.2) is 0 Å². The van der Waals surface area contributed by atoms with E-state index in [2.05, 4.69) is 48.6 Å². The van der Waals surface area contributed by atoms with Crippen LogP contribution in [0.15, 0.2) is 38.6 Å². The first kappa shape index (κ1) is 14.5. The molecular formula is C13H12Br2ClNS. The highest BCUT2D eigenvalue weighted by molar-refractivity contribution is 9.10. The molecule has 0 fully saturated rings. The van der Waals surface area contributed by atoms with E-state index in [1.165, 1.54) is 14.9 Å². The fourth-order valence-corrected chi connectivity index (χ4v) is 4.07. The number of likely N-dealkylation sites (N-methyl/N-ethyl adjacent to an activating group) is 1. The highest BCUT2D eigenvalue weighted by Crippen LogP contribution is 2.32. The number of rotatable bonds is 4. The van der Waals surface area contributed by atoms with Gasteiger partial charge in [0.05, 0.1) is 0 Å². The molecule has 1 N–H and O–H groups in total. The van der Waals surface area contributed by atoms with Crippen LogP contribution in [0.2, 0.25) is 5.02 Å². The van der Waals surface area contributed by atoms with Crippen LogP contribution in [0.3, 0.4) is 0 Å². The Morgan fingerprint density at radius 3 is 2.67 bits per heavy atom. The summed E-state index contributed by atoms with van der Waals surface area (Å²) in [7, 11) is 1.97. The van der Waals surface area contributed by atoms with Gasteiger partial charge in [0, 0.05) is 31.3 Å². The monoisotopic (exact) mass is 407 g/mol. The van der Waals surface area contributed by atoms with Crippen LogP contribution in [-0.4, -0.2) is 7.05 Å². The SMILES string of the molecule is CNC(Cc1sccc1Br)c1cc(Cl)ccc1Br. The molecule has 1 atom stereocenters. The summed E-state index contributed by atoms with van der Waals surface area (Å²) >= 11 is 15.0. The summed E-state index contributed by atoms with van der Waals surface area (Å²) in [4.78, 5) is 1.33. The van der Waals surface area contributed by atoms with Gasteiger partial charge in [0.25, 0.3) is 0 Å². The van der Waals surface area contributed by atoms with Crippen molar-refractivity contribution in [3.8, 4) is 0 Å². The Morgan fingerprint density at radius 2 is 2.06 bits per heavy atom. The van der Waals surface area contributed by atoms with Crippen LogP contribution in [0.4, 0.5) is 0 Å². The first-order valence-electron chi connectivity index (χ1n) is 5.46. The molecule has 0 radical (unpaired) electrons. The maximum absolute atomic E-state index is 6.08. The fourth-order valence-electron chi connectivity index (χ4n) is 1.81. The lowest BCUT2D eigenvalue weighted by Gasteiger charge is -2.18. The molecule has 18 heavy (non-hydrogen) atoms. The maximum atomic E-state index is 6.08. The molecule has 2 rings (SSSR count). The topological polar surface area (TPSA) is 12.0 Å². The third kappa shape index (κ3) is 3.36. The molecular weight excluding hydrogens is 397 g/mol. The van der Waals surface area contributed by atoms with Gasteiger partial charge >= 0.3 is 0 Å². The van der Waals surface area contributed by atoms with E-state index in [0.29, 0.717) is 0 Å². The van der Waals surface area contributed by atoms with E-state index in [1.807, 2.05) is 25.2 Å². The molecule has 1 aromatic heterocycles. The van der Waals surface area contributed by atoms with E-state index in [-0.39, 0.29) is 6.04 Å². The first-order valence-corrected chi connectivity index (χ1v) is 8.30. The molecule has 1 nitrogen and oxygen atoms in total. The third-order valence-corrected chi connectivity index (χ3v) is 5.67. The minimum atomic E-state index is 0.244. The molecule has 0 aliphatic heterocycles. The lowest BCUT2D eigenvalue weighted by Crippen LogP contribution is -2.19. The summed E-state index contributed by atoms with van der Waals surface area (Å²) in [5.74, 6) is 0. The van der Waals surface area contributed by atoms with Crippen LogP contribution in [0.1, 0.15) is 16.5 Å². The molecule has 0 spiro atoms. The van der Waals surface area contributed by atoms with Crippen molar-refractivity contribution in [2.24, 2.45) is 0 Å². The molecule has 0 saturated carbocycles. The second-order valence-corrected chi connectivity index (χ2v) is 7.05. The molecule has 96 valence electrons. The fraction of sp³-hybridized carbons (Fsp3) is 0.231. The van der Waals surface area contributed by atoms with E-state index in [4.69, 9.17) is 11.6 Å². The maximum Gasteiger partial charge on any atom is 0.0410 e. The van der Waals surface area contributed by atoms with Gasteiger partial charge in [0.15, 0.2) is 0 Å². The van der Waals surface area contributed by atoms with Crippen molar-refractivity contribution in [1.82, 2.24) is 5.32 Å². The van der Waals surface area contributed by atoms with E-state index in [0.717, 1.165) is 15.9 Å². The highest BCUT2D eigenvalue weighted by Gasteiger charge is 2.16. The number of hydrogen-bond acceptors (Lipinski definition) is 2. The van der Waals surface area contributed by atoms with Crippen molar-refractivity contribution >= 4 is 54.8 Å². The molecule has 0 saturated heterocycles. The first-order chi connectivity index (χ1) is 8.61. The predicted molar refractivity (Wildman–Crippen MR) is 86.7 cm³/mol. The normalized spacial score (nSPS) is 12.7. The van der Waals surface area contributed by atoms with Crippen LogP contribution in [-0.2, 0) is 6.42 Å². The molecule has 2 aromatic rings. The summed E-state index contributed by atoms with van der Waals surface area (Å²) in [5.41, 5.74) is 1.19. The summed E-state index contributed by atoms with van der Waals surface area (Å²) in [6, 6.07) is 8.22. The Balaban J connectivity index is 2.28. The second kappa shape index (κ2) is 6.53. The highest BCUT2D eigenvalue weighted by atomic mass is 79.9. The zero-order valence-corrected chi connectivity index (χ0v) is 14.5. The Bertz CT molecular complexity index is 542. The zero-order valence-electron chi connectivity index (χ0n) is 9.71. The summed E-state index contributed by atoms with van der Waals surface area (Å²) in [6.07, 6.45) is 0.938. The van der Waals surface area contributed by atoms with Gasteiger partial charge in [0.1, 0.15) is 0 Å². The Kier molecular flexibility index (Phi) is 5.27. The van der Waals surface area contributed by atoms with Crippen molar-refractivity contribution in [1.29, 1.82) is 0 Å². The average Bonchev–Trinajstić information content (AvgIpc) is 2.75. The molecule has 0 amide bonds. The lowest BCUT2D eigenvalue weighted by molar-refractivity contribution is 0.593. The number of thiophene rings is 1. The van der Waals surface area contributed by atoms with Gasteiger partial charge in [-0.1, -0.05) is 27.5 Å². The van der Waals surface area contributed by atoms with Crippen molar-refractivity contribution in [3.05, 3.63) is 54.1 Å². The molecule has 1 aromatic carbocycles. The lowest BCUT2D eigenvalue weighted by atomic mass is 10.0. The van der Waals surface area contributed by atoms with Gasteiger partial charge in [-0.15, -0.1) is 11.3 Å². The Morgan fingerprint density at radius 1 is 1.28 bits per heavy atom. The van der Waals surface area contributed by atoms with Gasteiger partial charge in [-0.05, 0) is 58.2 Å². The minimum Gasteiger partial charge on any atom is -0.313 e. The molecule has 0 aliphatic carbocycles. The summed E-state index contributed by atoms with van der Waals surface area (Å²) < 4.78 is 2.25. The predicted octanol–water partition coefficient (Wildman–Crippen LogP) is 5.43. The molecule has 1 unspecified atom stereocenters. The Hall–Kier alpha value is 0.130. The van der Waals surface area contributed by atoms with Crippen LogP contribution >= 0.6 is 54.8 Å². The molecule has 0 bridgehead atoms. The van der Waals surface area contributed by atoms with Crippen LogP contribution in [0.25, 0.3) is 0 Å². The van der Waals surface area contributed by atoms with Crippen LogP contribution in [0, 0.1) is 0 Å². The molecule has 5 heteroatoms. The summed E-state index contributed by atoms with van der Waals surface area (Å²) in [5, 5.41) is 6.21. The van der Waals surface area contributed by atoms with Crippen molar-refractivity contribution in [2.45, 2.75) is 12.5 Å². The number of hydrogen-bond donors (Lipinski definition) is 1. The minimum absolute atomic E-state index is 0.244. The van der Waals surface area contributed by atoms with Gasteiger partial charge in [-0.2, -0.15) is 0 Å². The number of halogens is 3. The van der Waals surface area contributed by atoms with Gasteiger partial charge in [0.2, 0.25) is 0 Å². The number of benzene rings is 1.